The molecule has 5 rings (SSSR count). The molecular formula is C26H22N6O3S. The molecule has 4 heterocycles. The highest BCUT2D eigenvalue weighted by Gasteiger charge is 2.36. The average Bonchev–Trinajstić information content (AvgIpc) is 3.49. The fraction of sp³-hybridized carbons (Fsp3) is 0.154. The molecule has 36 heavy (non-hydrogen) atoms. The van der Waals surface area contributed by atoms with E-state index in [4.69, 9.17) is 4.74 Å². The van der Waals surface area contributed by atoms with Gasteiger partial charge in [0.05, 0.1) is 30.0 Å². The summed E-state index contributed by atoms with van der Waals surface area (Å²) in [7, 11) is -0.0195. The number of nitriles is 1. The Balaban J connectivity index is 1.52. The van der Waals surface area contributed by atoms with Crippen LogP contribution >= 0.6 is 10.9 Å². The molecule has 9 nitrogen and oxygen atoms in total. The van der Waals surface area contributed by atoms with E-state index in [0.29, 0.717) is 52.1 Å². The highest BCUT2D eigenvalue weighted by molar-refractivity contribution is 8.44. The first-order chi connectivity index (χ1) is 17.5. The van der Waals surface area contributed by atoms with Crippen LogP contribution in [0.2, 0.25) is 0 Å². The van der Waals surface area contributed by atoms with Crippen molar-refractivity contribution in [2.24, 2.45) is 4.99 Å². The largest absolute Gasteiger partial charge is 0.496 e. The number of rotatable bonds is 4. The number of carbonyl (C=O) groups excluding carboxylic acids is 2. The van der Waals surface area contributed by atoms with Crippen LogP contribution in [0.1, 0.15) is 32.1 Å². The van der Waals surface area contributed by atoms with Gasteiger partial charge in [-0.05, 0) is 43.3 Å². The molecule has 0 aliphatic carbocycles. The Hall–Kier alpha value is -4.33. The van der Waals surface area contributed by atoms with Crippen molar-refractivity contribution in [1.82, 2.24) is 20.6 Å². The quantitative estimate of drug-likeness (QED) is 0.472. The molecule has 0 saturated carbocycles. The number of aromatic nitrogens is 2. The zero-order chi connectivity index (χ0) is 25.2. The van der Waals surface area contributed by atoms with Gasteiger partial charge in [0, 0.05) is 47.2 Å². The summed E-state index contributed by atoms with van der Waals surface area (Å²) in [5, 5.41) is 15.7. The van der Waals surface area contributed by atoms with Crippen LogP contribution in [0.3, 0.4) is 0 Å². The summed E-state index contributed by atoms with van der Waals surface area (Å²) in [5.41, 5.74) is 3.69. The molecule has 1 aromatic carbocycles. The minimum atomic E-state index is -1.55. The number of ether oxygens (including phenoxy) is 1. The van der Waals surface area contributed by atoms with Crippen LogP contribution < -0.4 is 15.4 Å². The number of methoxy groups -OCH3 is 1. The molecule has 0 fully saturated rings. The molecule has 0 saturated heterocycles. The predicted octanol–water partition coefficient (Wildman–Crippen LogP) is 3.09. The van der Waals surface area contributed by atoms with Crippen molar-refractivity contribution < 1.29 is 14.3 Å². The third-order valence-corrected chi connectivity index (χ3v) is 8.08. The Morgan fingerprint density at radius 2 is 2.00 bits per heavy atom. The van der Waals surface area contributed by atoms with Crippen molar-refractivity contribution in [3.63, 3.8) is 0 Å². The van der Waals surface area contributed by atoms with Gasteiger partial charge in [-0.25, -0.2) is 4.99 Å². The number of amides is 1. The lowest BCUT2D eigenvalue weighted by molar-refractivity contribution is 0.0978. The first kappa shape index (κ1) is 23.4. The van der Waals surface area contributed by atoms with Crippen molar-refractivity contribution in [3.05, 3.63) is 88.0 Å². The fourth-order valence-electron chi connectivity index (χ4n) is 4.15. The van der Waals surface area contributed by atoms with Gasteiger partial charge in [0.25, 0.3) is 5.91 Å². The van der Waals surface area contributed by atoms with E-state index in [2.05, 4.69) is 31.7 Å². The molecule has 3 aromatic rings. The fourth-order valence-corrected chi connectivity index (χ4v) is 6.29. The van der Waals surface area contributed by atoms with Crippen molar-refractivity contribution >= 4 is 27.1 Å². The second-order valence-corrected chi connectivity index (χ2v) is 10.2. The zero-order valence-corrected chi connectivity index (χ0v) is 20.5. The molecule has 2 aromatic heterocycles. The van der Waals surface area contributed by atoms with Gasteiger partial charge < -0.3 is 15.4 Å². The van der Waals surface area contributed by atoms with E-state index in [1.165, 1.54) is 13.3 Å². The summed E-state index contributed by atoms with van der Waals surface area (Å²) in [6.07, 6.45) is 3.06. The Morgan fingerprint density at radius 3 is 2.75 bits per heavy atom. The number of thiol groups is 1. The molecule has 0 bridgehead atoms. The number of carbonyl (C=O) groups is 2. The second-order valence-electron chi connectivity index (χ2n) is 8.14. The molecule has 180 valence electrons. The second kappa shape index (κ2) is 9.73. The number of hydrogen-bond acceptors (Lipinski definition) is 8. The number of aryl methyl sites for hydroxylation is 1. The molecule has 1 atom stereocenters. The number of pyridine rings is 2. The van der Waals surface area contributed by atoms with Gasteiger partial charge in [0.15, 0.2) is 5.17 Å². The highest BCUT2D eigenvalue weighted by atomic mass is 32.2. The van der Waals surface area contributed by atoms with Crippen molar-refractivity contribution in [2.75, 3.05) is 20.2 Å². The number of hydrogen-bond donors (Lipinski definition) is 3. The van der Waals surface area contributed by atoms with E-state index in [9.17, 15) is 14.9 Å². The third kappa shape index (κ3) is 4.26. The first-order valence-corrected chi connectivity index (χ1v) is 12.5. The molecule has 10 heteroatoms. The first-order valence-electron chi connectivity index (χ1n) is 11.1. The van der Waals surface area contributed by atoms with E-state index < -0.39 is 16.8 Å². The Kier molecular flexibility index (Phi) is 6.33. The number of benzene rings is 1. The normalized spacial score (nSPS) is 17.2. The zero-order valence-electron chi connectivity index (χ0n) is 19.6. The summed E-state index contributed by atoms with van der Waals surface area (Å²) < 4.78 is 5.51. The molecule has 0 spiro atoms. The number of aliphatic imine (C=N–C) groups is 1. The van der Waals surface area contributed by atoms with Gasteiger partial charge in [0.2, 0.25) is 5.12 Å². The van der Waals surface area contributed by atoms with Crippen molar-refractivity contribution in [3.8, 4) is 22.9 Å². The molecule has 2 N–H and O–H groups in total. The summed E-state index contributed by atoms with van der Waals surface area (Å²) in [6, 6.07) is 14.1. The average molecular weight is 499 g/mol. The molecule has 1 unspecified atom stereocenters. The van der Waals surface area contributed by atoms with Crippen LogP contribution in [0.4, 0.5) is 0 Å². The van der Waals surface area contributed by atoms with Crippen molar-refractivity contribution in [2.45, 2.75) is 6.92 Å². The van der Waals surface area contributed by atoms with Gasteiger partial charge in [-0.3, -0.25) is 19.6 Å². The topological polar surface area (TPSA) is 129 Å². The summed E-state index contributed by atoms with van der Waals surface area (Å²) in [6.45, 7) is 2.90. The molecule has 2 aliphatic heterocycles. The third-order valence-electron chi connectivity index (χ3n) is 5.86. The minimum Gasteiger partial charge on any atom is -0.496 e. The maximum absolute atomic E-state index is 13.6. The highest BCUT2D eigenvalue weighted by Crippen LogP contribution is 2.47. The van der Waals surface area contributed by atoms with E-state index >= 15 is 0 Å². The lowest BCUT2D eigenvalue weighted by Crippen LogP contribution is -2.33. The standard InChI is InChI=1S/C26H22N6O3S/c1-15-9-17(18-10-16(11-27)6-7-22(18)35-2)19(12-30-15)24(33)32-26-31-21-13-28-14-23(21)36(26)25(34)20-5-3-4-8-29-20/h3-10,12,28,36H,13-14H2,1-2H3,(H,31,32,33). The van der Waals surface area contributed by atoms with E-state index in [0.717, 1.165) is 10.6 Å². The number of amidine groups is 1. The predicted molar refractivity (Wildman–Crippen MR) is 138 cm³/mol. The van der Waals surface area contributed by atoms with Gasteiger partial charge in [-0.2, -0.15) is 5.26 Å². The van der Waals surface area contributed by atoms with Crippen LogP contribution in [0.5, 0.6) is 5.75 Å². The molecule has 2 aliphatic rings. The minimum absolute atomic E-state index is 0.163. The van der Waals surface area contributed by atoms with Crippen LogP contribution in [0.25, 0.3) is 11.1 Å². The van der Waals surface area contributed by atoms with Gasteiger partial charge in [-0.15, -0.1) is 10.9 Å². The smallest absolute Gasteiger partial charge is 0.259 e. The van der Waals surface area contributed by atoms with E-state index in [-0.39, 0.29) is 10.7 Å². The Labute approximate surface area is 210 Å². The number of nitrogens with zero attached hydrogens (tertiary/aromatic N) is 4. The van der Waals surface area contributed by atoms with E-state index in [1.54, 1.807) is 48.7 Å². The monoisotopic (exact) mass is 498 g/mol. The van der Waals surface area contributed by atoms with Crippen molar-refractivity contribution in [1.29, 1.82) is 5.26 Å². The summed E-state index contributed by atoms with van der Waals surface area (Å²) in [4.78, 5) is 41.1. The van der Waals surface area contributed by atoms with Gasteiger partial charge in [0.1, 0.15) is 11.4 Å². The maximum Gasteiger partial charge on any atom is 0.259 e. The summed E-state index contributed by atoms with van der Waals surface area (Å²) >= 11 is 0. The van der Waals surface area contributed by atoms with Crippen LogP contribution in [0, 0.1) is 18.3 Å². The van der Waals surface area contributed by atoms with Gasteiger partial charge >= 0.3 is 0 Å². The lowest BCUT2D eigenvalue weighted by Gasteiger charge is -2.20. The van der Waals surface area contributed by atoms with Crippen LogP contribution in [-0.2, 0) is 0 Å². The number of nitrogens with one attached hydrogen (secondary N) is 2. The maximum atomic E-state index is 13.6. The SMILES string of the molecule is COc1ccc(C#N)cc1-c1cc(C)ncc1C(=O)NC1=NC2=C(CNC2)[SH]1C(=O)c1ccccn1. The Bertz CT molecular complexity index is 1490. The molecule has 0 radical (unpaired) electrons. The Morgan fingerprint density at radius 1 is 1.14 bits per heavy atom. The van der Waals surface area contributed by atoms with Gasteiger partial charge in [-0.1, -0.05) is 6.07 Å². The van der Waals surface area contributed by atoms with Crippen LogP contribution in [-0.4, -0.2) is 46.4 Å². The summed E-state index contributed by atoms with van der Waals surface area (Å²) in [5.74, 6) is 0.0715. The van der Waals surface area contributed by atoms with E-state index in [1.807, 2.05) is 6.92 Å². The van der Waals surface area contributed by atoms with Crippen LogP contribution in [0.15, 0.2) is 70.5 Å². The molecular weight excluding hydrogens is 476 g/mol. The molecule has 1 amide bonds. The lowest BCUT2D eigenvalue weighted by atomic mass is 9.97.